The minimum absolute atomic E-state index is 0.0156. The molecule has 0 aliphatic carbocycles. The predicted octanol–water partition coefficient (Wildman–Crippen LogP) is 3.76. The molecule has 5 rings (SSSR count). The van der Waals surface area contributed by atoms with Gasteiger partial charge in [-0.25, -0.2) is 4.68 Å². The molecule has 1 aliphatic heterocycles. The summed E-state index contributed by atoms with van der Waals surface area (Å²) >= 11 is 0. The largest absolute Gasteiger partial charge is 0.356 e. The first kappa shape index (κ1) is 22.1. The van der Waals surface area contributed by atoms with Crippen molar-refractivity contribution < 1.29 is 9.59 Å². The molecule has 4 aromatic rings. The van der Waals surface area contributed by atoms with Crippen LogP contribution >= 0.6 is 0 Å². The van der Waals surface area contributed by atoms with Crippen LogP contribution in [0.25, 0.3) is 21.8 Å². The molecule has 7 nitrogen and oxygen atoms in total. The number of benzene rings is 3. The summed E-state index contributed by atoms with van der Waals surface area (Å²) in [5, 5.41) is 17.0. The van der Waals surface area contributed by atoms with Crippen molar-refractivity contribution in [3.05, 3.63) is 72.3 Å². The summed E-state index contributed by atoms with van der Waals surface area (Å²) in [6.45, 7) is 1.28. The molecule has 34 heavy (non-hydrogen) atoms. The maximum absolute atomic E-state index is 12.6. The summed E-state index contributed by atoms with van der Waals surface area (Å²) in [4.78, 5) is 24.8. The molecule has 1 aliphatic rings. The Morgan fingerprint density at radius 3 is 2.76 bits per heavy atom. The number of hydrogen-bond acceptors (Lipinski definition) is 4. The van der Waals surface area contributed by atoms with E-state index in [1.54, 1.807) is 0 Å². The highest BCUT2D eigenvalue weighted by Gasteiger charge is 2.38. The number of rotatable bonds is 9. The number of amides is 2. The second kappa shape index (κ2) is 9.63. The van der Waals surface area contributed by atoms with Gasteiger partial charge in [-0.15, -0.1) is 5.10 Å². The predicted molar refractivity (Wildman–Crippen MR) is 132 cm³/mol. The maximum atomic E-state index is 12.6. The Labute approximate surface area is 198 Å². The summed E-state index contributed by atoms with van der Waals surface area (Å²) in [6, 6.07) is 22.5. The quantitative estimate of drug-likeness (QED) is 0.376. The number of para-hydroxylation sites is 1. The number of aromatic nitrogens is 3. The molecule has 0 spiro atoms. The van der Waals surface area contributed by atoms with Crippen LogP contribution in [0.5, 0.6) is 0 Å². The van der Waals surface area contributed by atoms with E-state index < -0.39 is 0 Å². The molecular weight excluding hydrogens is 426 g/mol. The van der Waals surface area contributed by atoms with Gasteiger partial charge in [0.2, 0.25) is 11.8 Å². The van der Waals surface area contributed by atoms with Crippen molar-refractivity contribution in [3.8, 4) is 0 Å². The number of carbonyl (C=O) groups excluding carboxylic acids is 2. The van der Waals surface area contributed by atoms with E-state index in [9.17, 15) is 9.59 Å². The van der Waals surface area contributed by atoms with Gasteiger partial charge in [0.1, 0.15) is 5.52 Å². The monoisotopic (exact) mass is 455 g/mol. The van der Waals surface area contributed by atoms with Crippen molar-refractivity contribution in [1.29, 1.82) is 0 Å². The van der Waals surface area contributed by atoms with Crippen LogP contribution < -0.4 is 10.6 Å². The third-order valence-corrected chi connectivity index (χ3v) is 6.76. The van der Waals surface area contributed by atoms with E-state index in [0.717, 1.165) is 30.3 Å². The summed E-state index contributed by atoms with van der Waals surface area (Å²) in [7, 11) is 0. The van der Waals surface area contributed by atoms with Crippen LogP contribution in [0.1, 0.15) is 37.7 Å². The van der Waals surface area contributed by atoms with Gasteiger partial charge in [0.05, 0.1) is 5.52 Å². The lowest BCUT2D eigenvalue weighted by molar-refractivity contribution is -0.122. The van der Waals surface area contributed by atoms with Crippen molar-refractivity contribution >= 4 is 33.6 Å². The van der Waals surface area contributed by atoms with Gasteiger partial charge >= 0.3 is 0 Å². The summed E-state index contributed by atoms with van der Waals surface area (Å²) in [6.07, 6.45) is 3.78. The SMILES string of the molecule is O=C(CC[C@@]1(Cc2cccc3ccccc23)CCC(=O)N1)NCCCn1nnc2ccccc21. The Bertz CT molecular complexity index is 1330. The molecule has 1 fully saturated rings. The van der Waals surface area contributed by atoms with Crippen LogP contribution in [0.2, 0.25) is 0 Å². The van der Waals surface area contributed by atoms with E-state index in [-0.39, 0.29) is 17.4 Å². The second-order valence-electron chi connectivity index (χ2n) is 9.15. The summed E-state index contributed by atoms with van der Waals surface area (Å²) < 4.78 is 1.87. The number of nitrogens with one attached hydrogen (secondary N) is 2. The standard InChI is InChI=1S/C27H29N5O2/c33-25(28-17-6-18-32-24-12-4-3-11-23(24)30-31-32)13-15-27(16-14-26(34)29-27)19-21-9-5-8-20-7-1-2-10-22(20)21/h1-5,7-12H,6,13-19H2,(H,28,33)(H,29,34)/t27-/m0/s1. The zero-order valence-electron chi connectivity index (χ0n) is 19.2. The van der Waals surface area contributed by atoms with Gasteiger partial charge in [-0.05, 0) is 54.2 Å². The average molecular weight is 456 g/mol. The molecular formula is C27H29N5O2. The second-order valence-corrected chi connectivity index (χ2v) is 9.15. The van der Waals surface area contributed by atoms with E-state index in [1.165, 1.54) is 16.3 Å². The van der Waals surface area contributed by atoms with Crippen LogP contribution in [0.4, 0.5) is 0 Å². The molecule has 2 heterocycles. The van der Waals surface area contributed by atoms with Gasteiger partial charge in [-0.3, -0.25) is 9.59 Å². The zero-order chi connectivity index (χ0) is 23.4. The highest BCUT2D eigenvalue weighted by atomic mass is 16.2. The normalized spacial score (nSPS) is 17.8. The molecule has 0 unspecified atom stereocenters. The Kier molecular flexibility index (Phi) is 6.25. The number of hydrogen-bond donors (Lipinski definition) is 2. The smallest absolute Gasteiger partial charge is 0.220 e. The molecule has 1 saturated heterocycles. The number of aryl methyl sites for hydroxylation is 1. The molecule has 2 amide bonds. The van der Waals surface area contributed by atoms with E-state index in [0.29, 0.717) is 32.4 Å². The van der Waals surface area contributed by atoms with Crippen molar-refractivity contribution in [2.24, 2.45) is 0 Å². The van der Waals surface area contributed by atoms with Crippen molar-refractivity contribution in [1.82, 2.24) is 25.6 Å². The van der Waals surface area contributed by atoms with E-state index >= 15 is 0 Å². The van der Waals surface area contributed by atoms with Gasteiger partial charge in [-0.1, -0.05) is 59.8 Å². The van der Waals surface area contributed by atoms with Gasteiger partial charge < -0.3 is 10.6 Å². The van der Waals surface area contributed by atoms with Crippen LogP contribution in [0.15, 0.2) is 66.7 Å². The van der Waals surface area contributed by atoms with E-state index in [2.05, 4.69) is 51.3 Å². The molecule has 0 saturated carbocycles. The number of carbonyl (C=O) groups is 2. The Hall–Kier alpha value is -3.74. The molecule has 2 N–H and O–H groups in total. The zero-order valence-corrected chi connectivity index (χ0v) is 19.2. The molecule has 174 valence electrons. The Morgan fingerprint density at radius 2 is 1.88 bits per heavy atom. The first-order chi connectivity index (χ1) is 16.6. The fourth-order valence-corrected chi connectivity index (χ4v) is 4.97. The first-order valence-electron chi connectivity index (χ1n) is 11.9. The average Bonchev–Trinajstić information content (AvgIpc) is 3.44. The van der Waals surface area contributed by atoms with Crippen LogP contribution in [-0.2, 0) is 22.6 Å². The van der Waals surface area contributed by atoms with Gasteiger partial charge in [0.25, 0.3) is 0 Å². The van der Waals surface area contributed by atoms with Crippen LogP contribution in [0.3, 0.4) is 0 Å². The van der Waals surface area contributed by atoms with E-state index in [1.807, 2.05) is 41.1 Å². The molecule has 3 aromatic carbocycles. The molecule has 1 atom stereocenters. The number of nitrogens with zero attached hydrogens (tertiary/aromatic N) is 3. The molecule has 0 bridgehead atoms. The maximum Gasteiger partial charge on any atom is 0.220 e. The van der Waals surface area contributed by atoms with Crippen LogP contribution in [-0.4, -0.2) is 38.9 Å². The molecule has 1 aromatic heterocycles. The van der Waals surface area contributed by atoms with Gasteiger partial charge in [0, 0.05) is 31.5 Å². The van der Waals surface area contributed by atoms with Crippen LogP contribution in [0, 0.1) is 0 Å². The summed E-state index contributed by atoms with van der Waals surface area (Å²) in [5.41, 5.74) is 2.71. The Morgan fingerprint density at radius 1 is 1.06 bits per heavy atom. The molecule has 0 radical (unpaired) electrons. The lowest BCUT2D eigenvalue weighted by Crippen LogP contribution is -2.44. The highest BCUT2D eigenvalue weighted by molar-refractivity contribution is 5.86. The first-order valence-corrected chi connectivity index (χ1v) is 11.9. The molecule has 7 heteroatoms. The highest BCUT2D eigenvalue weighted by Crippen LogP contribution is 2.32. The Balaban J connectivity index is 1.16. The lowest BCUT2D eigenvalue weighted by atomic mass is 9.83. The summed E-state index contributed by atoms with van der Waals surface area (Å²) in [5.74, 6) is 0.0857. The third kappa shape index (κ3) is 4.78. The number of fused-ring (bicyclic) bond motifs is 2. The lowest BCUT2D eigenvalue weighted by Gasteiger charge is -2.30. The van der Waals surface area contributed by atoms with Crippen molar-refractivity contribution in [2.45, 2.75) is 50.6 Å². The van der Waals surface area contributed by atoms with Crippen molar-refractivity contribution in [2.75, 3.05) is 6.54 Å². The fraction of sp³-hybridized carbons (Fsp3) is 0.333. The minimum Gasteiger partial charge on any atom is -0.356 e. The topological polar surface area (TPSA) is 88.9 Å². The van der Waals surface area contributed by atoms with E-state index in [4.69, 9.17) is 0 Å². The van der Waals surface area contributed by atoms with Crippen molar-refractivity contribution in [3.63, 3.8) is 0 Å². The van der Waals surface area contributed by atoms with Gasteiger partial charge in [-0.2, -0.15) is 0 Å². The van der Waals surface area contributed by atoms with Gasteiger partial charge in [0.15, 0.2) is 0 Å². The third-order valence-electron chi connectivity index (χ3n) is 6.76. The fourth-order valence-electron chi connectivity index (χ4n) is 4.97. The minimum atomic E-state index is -0.377.